The van der Waals surface area contributed by atoms with Crippen LogP contribution < -0.4 is 4.90 Å². The van der Waals surface area contributed by atoms with Crippen molar-refractivity contribution in [2.45, 2.75) is 19.3 Å². The van der Waals surface area contributed by atoms with Gasteiger partial charge in [0, 0.05) is 27.7 Å². The zero-order chi connectivity index (χ0) is 42.1. The molecule has 1 unspecified atom stereocenters. The van der Waals surface area contributed by atoms with Crippen molar-refractivity contribution in [1.29, 1.82) is 0 Å². The number of allylic oxidation sites excluding steroid dienone is 4. The van der Waals surface area contributed by atoms with E-state index in [2.05, 4.69) is 237 Å². The van der Waals surface area contributed by atoms with E-state index in [4.69, 9.17) is 4.42 Å². The Balaban J connectivity index is 1.08. The Hall–Kier alpha value is -7.94. The van der Waals surface area contributed by atoms with Crippen molar-refractivity contribution in [3.8, 4) is 44.5 Å². The largest absolute Gasteiger partial charge is 0.456 e. The highest BCUT2D eigenvalue weighted by atomic mass is 16.3. The molecule has 2 heteroatoms. The summed E-state index contributed by atoms with van der Waals surface area (Å²) in [5, 5.41) is 2.27. The third-order valence-electron chi connectivity index (χ3n) is 13.4. The van der Waals surface area contributed by atoms with Crippen molar-refractivity contribution >= 4 is 44.6 Å². The number of fused-ring (bicyclic) bond motifs is 10. The maximum absolute atomic E-state index is 6.31. The predicted molar refractivity (Wildman–Crippen MR) is 264 cm³/mol. The molecule has 0 fully saturated rings. The number of benzene rings is 9. The topological polar surface area (TPSA) is 16.4 Å². The maximum Gasteiger partial charge on any atom is 0.136 e. The van der Waals surface area contributed by atoms with Crippen LogP contribution in [0, 0.1) is 0 Å². The first-order chi connectivity index (χ1) is 31.1. The molecule has 2 aliphatic rings. The minimum absolute atomic E-state index is 0.503. The fourth-order valence-corrected chi connectivity index (χ4v) is 10.7. The fourth-order valence-electron chi connectivity index (χ4n) is 10.7. The molecule has 0 saturated carbocycles. The van der Waals surface area contributed by atoms with Gasteiger partial charge in [0.1, 0.15) is 11.2 Å². The summed E-state index contributed by atoms with van der Waals surface area (Å²) in [5.41, 5.74) is 22.2. The molecule has 1 spiro atoms. The molecule has 0 saturated heterocycles. The number of anilines is 3. The summed E-state index contributed by atoms with van der Waals surface area (Å²) in [6.45, 7) is 4.45. The Labute approximate surface area is 368 Å². The van der Waals surface area contributed by atoms with Gasteiger partial charge in [0.05, 0.1) is 11.1 Å². The van der Waals surface area contributed by atoms with Gasteiger partial charge in [-0.3, -0.25) is 0 Å². The highest BCUT2D eigenvalue weighted by Crippen LogP contribution is 2.64. The molecule has 0 bridgehead atoms. The van der Waals surface area contributed by atoms with Crippen LogP contribution in [0.4, 0.5) is 17.1 Å². The molecular weight excluding hydrogens is 763 g/mol. The summed E-state index contributed by atoms with van der Waals surface area (Å²) in [6.07, 6.45) is 4.57. The molecule has 298 valence electrons. The van der Waals surface area contributed by atoms with Crippen molar-refractivity contribution < 1.29 is 4.42 Å². The normalized spacial score (nSPS) is 15.1. The zero-order valence-corrected chi connectivity index (χ0v) is 35.2. The van der Waals surface area contributed by atoms with E-state index in [1.165, 1.54) is 66.8 Å². The molecule has 9 aromatic carbocycles. The molecule has 2 nitrogen and oxygen atoms in total. The van der Waals surface area contributed by atoms with Gasteiger partial charge < -0.3 is 9.32 Å². The standard InChI is InChI=1S/C61H43NO/c1-3-16-52-40(2)48-38-33-45(42-19-8-5-9-20-42)39-55(48)61(52)53-24-12-10-21-50(53)60-54(61)25-15-26-56(60)62(46-34-29-43(30-35-46)41-17-6-4-7-18-41)47-36-31-44(32-37-47)49-23-14-28-58-59(49)51-22-11-13-27-57(51)63-58/h3-39H,1-2H3/b16-3-. The lowest BCUT2D eigenvalue weighted by molar-refractivity contribution is 0.669. The highest BCUT2D eigenvalue weighted by Gasteiger charge is 2.52. The summed E-state index contributed by atoms with van der Waals surface area (Å²) < 4.78 is 6.31. The van der Waals surface area contributed by atoms with Gasteiger partial charge >= 0.3 is 0 Å². The van der Waals surface area contributed by atoms with Crippen molar-refractivity contribution in [2.24, 2.45) is 0 Å². The molecule has 1 atom stereocenters. The van der Waals surface area contributed by atoms with Crippen LogP contribution in [0.25, 0.3) is 72.0 Å². The molecule has 12 rings (SSSR count). The zero-order valence-electron chi connectivity index (χ0n) is 35.2. The van der Waals surface area contributed by atoms with Crippen molar-refractivity contribution in [2.75, 3.05) is 4.90 Å². The van der Waals surface area contributed by atoms with E-state index in [0.29, 0.717) is 0 Å². The first kappa shape index (κ1) is 36.9. The summed E-state index contributed by atoms with van der Waals surface area (Å²) >= 11 is 0. The summed E-state index contributed by atoms with van der Waals surface area (Å²) in [7, 11) is 0. The second-order valence-electron chi connectivity index (χ2n) is 16.7. The third kappa shape index (κ3) is 5.58. The Morgan fingerprint density at radius 2 is 1.02 bits per heavy atom. The van der Waals surface area contributed by atoms with Crippen LogP contribution in [0.1, 0.15) is 36.1 Å². The Bertz CT molecular complexity index is 3440. The van der Waals surface area contributed by atoms with E-state index in [1.807, 2.05) is 6.07 Å². The van der Waals surface area contributed by atoms with Gasteiger partial charge in [0.25, 0.3) is 0 Å². The predicted octanol–water partition coefficient (Wildman–Crippen LogP) is 16.7. The minimum Gasteiger partial charge on any atom is -0.456 e. The van der Waals surface area contributed by atoms with Crippen LogP contribution in [-0.4, -0.2) is 0 Å². The lowest BCUT2D eigenvalue weighted by Crippen LogP contribution is -2.27. The average molecular weight is 806 g/mol. The molecule has 1 heterocycles. The van der Waals surface area contributed by atoms with Crippen LogP contribution in [0.2, 0.25) is 0 Å². The van der Waals surface area contributed by atoms with Crippen LogP contribution in [0.5, 0.6) is 0 Å². The molecule has 0 amide bonds. The van der Waals surface area contributed by atoms with Gasteiger partial charge in [-0.2, -0.15) is 0 Å². The number of hydrogen-bond donors (Lipinski definition) is 0. The Morgan fingerprint density at radius 1 is 0.444 bits per heavy atom. The maximum atomic E-state index is 6.31. The quantitative estimate of drug-likeness (QED) is 0.160. The van der Waals surface area contributed by atoms with Crippen molar-refractivity contribution in [1.82, 2.24) is 0 Å². The van der Waals surface area contributed by atoms with Gasteiger partial charge in [0.15, 0.2) is 0 Å². The van der Waals surface area contributed by atoms with E-state index < -0.39 is 5.41 Å². The van der Waals surface area contributed by atoms with Crippen molar-refractivity contribution in [3.63, 3.8) is 0 Å². The Morgan fingerprint density at radius 3 is 1.76 bits per heavy atom. The molecule has 0 N–H and O–H groups in total. The average Bonchev–Trinajstić information content (AvgIpc) is 3.96. The summed E-state index contributed by atoms with van der Waals surface area (Å²) in [5.74, 6) is 0. The summed E-state index contributed by atoms with van der Waals surface area (Å²) in [6, 6.07) is 77.5. The minimum atomic E-state index is -0.503. The molecule has 0 radical (unpaired) electrons. The van der Waals surface area contributed by atoms with Crippen LogP contribution in [-0.2, 0) is 5.41 Å². The number of nitrogens with zero attached hydrogens (tertiary/aromatic N) is 1. The monoisotopic (exact) mass is 805 g/mol. The second kappa shape index (κ2) is 14.6. The van der Waals surface area contributed by atoms with Crippen molar-refractivity contribution in [3.05, 3.63) is 252 Å². The fraction of sp³-hybridized carbons (Fsp3) is 0.0492. The van der Waals surface area contributed by atoms with E-state index in [1.54, 1.807) is 0 Å². The molecule has 0 aliphatic heterocycles. The molecule has 10 aromatic rings. The summed E-state index contributed by atoms with van der Waals surface area (Å²) in [4.78, 5) is 2.46. The lowest BCUT2D eigenvalue weighted by atomic mass is 9.69. The van der Waals surface area contributed by atoms with Gasteiger partial charge in [-0.1, -0.05) is 176 Å². The van der Waals surface area contributed by atoms with E-state index in [9.17, 15) is 0 Å². The van der Waals surface area contributed by atoms with Gasteiger partial charge in [-0.25, -0.2) is 0 Å². The SMILES string of the molecule is C/C=C\C1=C(C)c2ccc(-c3ccccc3)cc2C12c1ccccc1-c1c(N(c3ccc(-c4ccccc4)cc3)c3ccc(-c4cccc5oc6ccccc6c45)cc3)cccc12. The second-order valence-corrected chi connectivity index (χ2v) is 16.7. The third-order valence-corrected chi connectivity index (χ3v) is 13.4. The number of hydrogen-bond acceptors (Lipinski definition) is 2. The number of para-hydroxylation sites is 1. The number of furan rings is 1. The molecule has 1 aromatic heterocycles. The van der Waals surface area contributed by atoms with Gasteiger partial charge in [-0.15, -0.1) is 0 Å². The van der Waals surface area contributed by atoms with E-state index in [-0.39, 0.29) is 0 Å². The van der Waals surface area contributed by atoms with Crippen LogP contribution in [0.15, 0.2) is 234 Å². The lowest BCUT2D eigenvalue weighted by Gasteiger charge is -2.33. The smallest absolute Gasteiger partial charge is 0.136 e. The van der Waals surface area contributed by atoms with E-state index in [0.717, 1.165) is 50.1 Å². The van der Waals surface area contributed by atoms with Crippen LogP contribution in [0.3, 0.4) is 0 Å². The highest BCUT2D eigenvalue weighted by molar-refractivity contribution is 6.12. The first-order valence-electron chi connectivity index (χ1n) is 21.9. The van der Waals surface area contributed by atoms with Gasteiger partial charge in [0.2, 0.25) is 0 Å². The van der Waals surface area contributed by atoms with Gasteiger partial charge in [-0.05, 0) is 135 Å². The van der Waals surface area contributed by atoms with E-state index >= 15 is 0 Å². The Kier molecular flexibility index (Phi) is 8.55. The molecule has 63 heavy (non-hydrogen) atoms. The molecule has 2 aliphatic carbocycles. The first-order valence-corrected chi connectivity index (χ1v) is 21.9. The number of rotatable bonds is 7. The molecular formula is C61H43NO. The van der Waals surface area contributed by atoms with Crippen LogP contribution >= 0.6 is 0 Å².